The van der Waals surface area contributed by atoms with Crippen LogP contribution in [-0.2, 0) is 47.9 Å². The van der Waals surface area contributed by atoms with Gasteiger partial charge in [-0.05, 0) is 27.2 Å². The predicted octanol–water partition coefficient (Wildman–Crippen LogP) is -3.15. The van der Waals surface area contributed by atoms with Crippen molar-refractivity contribution in [2.24, 2.45) is 0 Å². The number of esters is 1. The van der Waals surface area contributed by atoms with E-state index in [4.69, 9.17) is 20.1 Å². The number of hydrogen-bond donors (Lipinski definition) is 8. The van der Waals surface area contributed by atoms with Crippen molar-refractivity contribution >= 4 is 53.4 Å². The Morgan fingerprint density at radius 2 is 1.10 bits per heavy atom. The highest BCUT2D eigenvalue weighted by molar-refractivity contribution is 5.96. The lowest BCUT2D eigenvalue weighted by atomic mass is 10.1. The van der Waals surface area contributed by atoms with Gasteiger partial charge in [0.15, 0.2) is 0 Å². The summed E-state index contributed by atoms with van der Waals surface area (Å²) in [7, 11) is 0. The average molecular weight is 590 g/mol. The number of carboxylic acid groups (broad SMARTS) is 3. The van der Waals surface area contributed by atoms with Crippen molar-refractivity contribution in [1.29, 1.82) is 0 Å². The van der Waals surface area contributed by atoms with Gasteiger partial charge >= 0.3 is 23.9 Å². The molecule has 8 N–H and O–H groups in total. The summed E-state index contributed by atoms with van der Waals surface area (Å²) in [6, 6.07) is -3.22. The van der Waals surface area contributed by atoms with Crippen LogP contribution in [0.1, 0.15) is 52.9 Å². The molecular formula is C23H35N5O13. The second-order valence-electron chi connectivity index (χ2n) is 9.46. The Balaban J connectivity index is 5.65. The van der Waals surface area contributed by atoms with E-state index in [-0.39, 0.29) is 12.8 Å². The largest absolute Gasteiger partial charge is 0.480 e. The molecule has 0 aliphatic carbocycles. The first kappa shape index (κ1) is 36.2. The van der Waals surface area contributed by atoms with Crippen LogP contribution in [0.2, 0.25) is 0 Å². The van der Waals surface area contributed by atoms with Gasteiger partial charge in [-0.15, -0.1) is 0 Å². The highest BCUT2D eigenvalue weighted by Gasteiger charge is 2.30. The molecule has 2 atom stereocenters. The number of aliphatic carboxylic acids is 3. The van der Waals surface area contributed by atoms with Crippen molar-refractivity contribution in [2.45, 2.75) is 70.6 Å². The summed E-state index contributed by atoms with van der Waals surface area (Å²) >= 11 is 0. The quantitative estimate of drug-likeness (QED) is 0.0734. The van der Waals surface area contributed by atoms with Crippen LogP contribution >= 0.6 is 0 Å². The zero-order valence-electron chi connectivity index (χ0n) is 22.7. The Kier molecular flexibility index (Phi) is 15.7. The van der Waals surface area contributed by atoms with Gasteiger partial charge in [-0.25, -0.2) is 0 Å². The molecular weight excluding hydrogens is 554 g/mol. The topological polar surface area (TPSA) is 284 Å². The lowest BCUT2D eigenvalue weighted by Crippen LogP contribution is -2.55. The first-order valence-corrected chi connectivity index (χ1v) is 12.2. The van der Waals surface area contributed by atoms with E-state index in [9.17, 15) is 43.2 Å². The standard InChI is InChI=1S/C23H35N5O13/c1-23(2,3)41-20(38)7-4-12(27-15(30)6-5-14(29)24-9-17(32)33)22(40)28-13(21(39)26-11-19(36)37)8-16(31)25-10-18(34)35/h12-13H,4-11H2,1-3H3,(H,24,29)(H,25,31)(H,26,39)(H,27,30)(H,28,40)(H,32,33)(H,34,35)(H,36,37). The fourth-order valence-electron chi connectivity index (χ4n) is 2.88. The van der Waals surface area contributed by atoms with Gasteiger partial charge in [0.05, 0.1) is 6.42 Å². The van der Waals surface area contributed by atoms with Gasteiger partial charge in [0.2, 0.25) is 29.5 Å². The smallest absolute Gasteiger partial charge is 0.322 e. The third-order valence-corrected chi connectivity index (χ3v) is 4.60. The molecule has 0 spiro atoms. The second kappa shape index (κ2) is 17.7. The van der Waals surface area contributed by atoms with Crippen LogP contribution in [0, 0.1) is 0 Å². The minimum absolute atomic E-state index is 0.355. The van der Waals surface area contributed by atoms with E-state index in [1.807, 2.05) is 16.0 Å². The summed E-state index contributed by atoms with van der Waals surface area (Å²) < 4.78 is 5.17. The van der Waals surface area contributed by atoms with Crippen molar-refractivity contribution in [3.63, 3.8) is 0 Å². The molecule has 41 heavy (non-hydrogen) atoms. The maximum atomic E-state index is 13.0. The summed E-state index contributed by atoms with van der Waals surface area (Å²) in [6.07, 6.45) is -2.47. The molecule has 0 aromatic rings. The van der Waals surface area contributed by atoms with Crippen molar-refractivity contribution in [3.05, 3.63) is 0 Å². The fourth-order valence-corrected chi connectivity index (χ4v) is 2.88. The SMILES string of the molecule is CC(C)(C)OC(=O)CCC(NC(=O)CCC(=O)NCC(=O)O)C(=O)NC(CC(=O)NCC(=O)O)C(=O)NCC(=O)O. The van der Waals surface area contributed by atoms with Crippen LogP contribution in [0.5, 0.6) is 0 Å². The third-order valence-electron chi connectivity index (χ3n) is 4.60. The third kappa shape index (κ3) is 19.0. The summed E-state index contributed by atoms with van der Waals surface area (Å²) in [5.41, 5.74) is -0.863. The highest BCUT2D eigenvalue weighted by atomic mass is 16.6. The first-order chi connectivity index (χ1) is 18.9. The van der Waals surface area contributed by atoms with Crippen molar-refractivity contribution in [3.8, 4) is 0 Å². The number of rotatable bonds is 18. The molecule has 2 unspecified atom stereocenters. The molecule has 0 heterocycles. The second-order valence-corrected chi connectivity index (χ2v) is 9.46. The zero-order chi connectivity index (χ0) is 31.8. The van der Waals surface area contributed by atoms with Gasteiger partial charge in [0.25, 0.3) is 0 Å². The Labute approximate surface area is 233 Å². The minimum Gasteiger partial charge on any atom is -0.480 e. The number of carboxylic acids is 3. The maximum Gasteiger partial charge on any atom is 0.322 e. The molecule has 0 saturated carbocycles. The Morgan fingerprint density at radius 1 is 0.610 bits per heavy atom. The van der Waals surface area contributed by atoms with Crippen molar-refractivity contribution < 1.29 is 63.2 Å². The maximum absolute atomic E-state index is 13.0. The molecule has 18 nitrogen and oxygen atoms in total. The van der Waals surface area contributed by atoms with Gasteiger partial charge in [-0.3, -0.25) is 43.2 Å². The van der Waals surface area contributed by atoms with Crippen LogP contribution in [-0.4, -0.2) is 106 Å². The molecule has 0 aliphatic rings. The number of ether oxygens (including phenoxy) is 1. The predicted molar refractivity (Wildman–Crippen MR) is 135 cm³/mol. The lowest BCUT2D eigenvalue weighted by molar-refractivity contribution is -0.155. The van der Waals surface area contributed by atoms with Gasteiger partial charge < -0.3 is 46.6 Å². The Bertz CT molecular complexity index is 1020. The van der Waals surface area contributed by atoms with Crippen LogP contribution in [0.3, 0.4) is 0 Å². The molecule has 0 aromatic heterocycles. The average Bonchev–Trinajstić information content (AvgIpc) is 2.84. The van der Waals surface area contributed by atoms with Gasteiger partial charge in [0, 0.05) is 19.3 Å². The van der Waals surface area contributed by atoms with Gasteiger partial charge in [-0.1, -0.05) is 0 Å². The minimum atomic E-state index is -1.71. The number of hydrogen-bond acceptors (Lipinski definition) is 10. The highest BCUT2D eigenvalue weighted by Crippen LogP contribution is 2.11. The van der Waals surface area contributed by atoms with E-state index in [0.29, 0.717) is 0 Å². The molecule has 5 amide bonds. The van der Waals surface area contributed by atoms with Crippen LogP contribution < -0.4 is 26.6 Å². The Hall–Kier alpha value is -4.77. The van der Waals surface area contributed by atoms with Gasteiger partial charge in [0.1, 0.15) is 37.3 Å². The van der Waals surface area contributed by atoms with E-state index >= 15 is 0 Å². The van der Waals surface area contributed by atoms with Crippen molar-refractivity contribution in [1.82, 2.24) is 26.6 Å². The molecule has 0 radical (unpaired) electrons. The van der Waals surface area contributed by atoms with Crippen LogP contribution in [0.4, 0.5) is 0 Å². The molecule has 0 saturated heterocycles. The number of carbonyl (C=O) groups excluding carboxylic acids is 6. The van der Waals surface area contributed by atoms with E-state index < -0.39 is 110 Å². The lowest BCUT2D eigenvalue weighted by Gasteiger charge is -2.24. The molecule has 0 aromatic carbocycles. The molecule has 230 valence electrons. The van der Waals surface area contributed by atoms with Crippen LogP contribution in [0.15, 0.2) is 0 Å². The summed E-state index contributed by atoms with van der Waals surface area (Å²) in [5.74, 6) is -9.65. The summed E-state index contributed by atoms with van der Waals surface area (Å²) in [5, 5.41) is 36.5. The molecule has 0 fully saturated rings. The zero-order valence-corrected chi connectivity index (χ0v) is 22.7. The number of carbonyl (C=O) groups is 9. The summed E-state index contributed by atoms with van der Waals surface area (Å²) in [6.45, 7) is 2.45. The van der Waals surface area contributed by atoms with Gasteiger partial charge in [-0.2, -0.15) is 0 Å². The number of nitrogens with one attached hydrogen (secondary N) is 5. The first-order valence-electron chi connectivity index (χ1n) is 12.2. The number of amides is 5. The molecule has 18 heteroatoms. The molecule has 0 aliphatic heterocycles. The monoisotopic (exact) mass is 589 g/mol. The Morgan fingerprint density at radius 3 is 1.61 bits per heavy atom. The van der Waals surface area contributed by atoms with E-state index in [2.05, 4.69) is 10.6 Å². The van der Waals surface area contributed by atoms with E-state index in [1.165, 1.54) is 0 Å². The van der Waals surface area contributed by atoms with E-state index in [1.54, 1.807) is 20.8 Å². The van der Waals surface area contributed by atoms with Crippen molar-refractivity contribution in [2.75, 3.05) is 19.6 Å². The van der Waals surface area contributed by atoms with Crippen LogP contribution in [0.25, 0.3) is 0 Å². The van der Waals surface area contributed by atoms with E-state index in [0.717, 1.165) is 0 Å². The normalized spacial score (nSPS) is 12.1. The fraction of sp³-hybridized carbons (Fsp3) is 0.609. The molecule has 0 bridgehead atoms. The molecule has 0 rings (SSSR count). The summed E-state index contributed by atoms with van der Waals surface area (Å²) in [4.78, 5) is 106.